The largest absolute Gasteiger partial charge is 0.504 e. The van der Waals surface area contributed by atoms with Crippen LogP contribution in [0.15, 0.2) is 18.2 Å². The Balaban J connectivity index is 1.66. The first-order chi connectivity index (χ1) is 15.0. The van der Waals surface area contributed by atoms with Gasteiger partial charge in [0.05, 0.1) is 12.8 Å². The number of hydrogen-bond donors (Lipinski definition) is 5. The van der Waals surface area contributed by atoms with Crippen molar-refractivity contribution in [2.24, 2.45) is 5.73 Å². The monoisotopic (exact) mass is 425 g/mol. The Bertz CT molecular complexity index is 1050. The summed E-state index contributed by atoms with van der Waals surface area (Å²) in [6.45, 7) is 4.56. The Morgan fingerprint density at radius 1 is 1.23 bits per heavy atom. The lowest BCUT2D eigenvalue weighted by Gasteiger charge is -2.29. The van der Waals surface area contributed by atoms with Crippen LogP contribution in [0.4, 0.5) is 11.8 Å². The Morgan fingerprint density at radius 2 is 2.03 bits per heavy atom. The fraction of sp³-hybridized carbons (Fsp3) is 0.500. The van der Waals surface area contributed by atoms with E-state index in [1.165, 1.54) is 7.11 Å². The molecule has 0 radical (unpaired) electrons. The molecule has 6 N–H and O–H groups in total. The quantitative estimate of drug-likeness (QED) is 0.388. The summed E-state index contributed by atoms with van der Waals surface area (Å²) in [6.07, 6.45) is 4.32. The Kier molecular flexibility index (Phi) is 6.13. The van der Waals surface area contributed by atoms with Gasteiger partial charge in [-0.05, 0) is 24.8 Å². The van der Waals surface area contributed by atoms with Crippen molar-refractivity contribution in [3.05, 3.63) is 29.5 Å². The fourth-order valence-electron chi connectivity index (χ4n) is 4.07. The lowest BCUT2D eigenvalue weighted by molar-refractivity contribution is 0.371. The van der Waals surface area contributed by atoms with Crippen LogP contribution in [0.25, 0.3) is 11.0 Å². The average Bonchev–Trinajstić information content (AvgIpc) is 3.19. The molecule has 0 aliphatic heterocycles. The number of aromatic amines is 1. The highest BCUT2D eigenvalue weighted by atomic mass is 16.5. The highest BCUT2D eigenvalue weighted by Crippen LogP contribution is 2.32. The number of H-pyrrole nitrogens is 1. The van der Waals surface area contributed by atoms with Crippen LogP contribution in [0.2, 0.25) is 0 Å². The normalized spacial score (nSPS) is 19.0. The van der Waals surface area contributed by atoms with Crippen LogP contribution >= 0.6 is 0 Å². The lowest BCUT2D eigenvalue weighted by Crippen LogP contribution is -2.43. The van der Waals surface area contributed by atoms with Gasteiger partial charge in [0.15, 0.2) is 22.8 Å². The summed E-state index contributed by atoms with van der Waals surface area (Å²) < 4.78 is 5.21. The van der Waals surface area contributed by atoms with E-state index in [4.69, 9.17) is 20.4 Å². The van der Waals surface area contributed by atoms with Gasteiger partial charge in [0.25, 0.3) is 0 Å². The number of nitrogens with two attached hydrogens (primary N) is 1. The smallest absolute Gasteiger partial charge is 0.225 e. The molecule has 9 nitrogen and oxygen atoms in total. The van der Waals surface area contributed by atoms with Crippen molar-refractivity contribution >= 4 is 22.8 Å². The number of nitrogens with one attached hydrogen (secondary N) is 3. The number of aromatic hydroxyl groups is 1. The first-order valence-corrected chi connectivity index (χ1v) is 10.8. The van der Waals surface area contributed by atoms with Crippen LogP contribution in [-0.4, -0.2) is 44.5 Å². The number of phenolic OH excluding ortho intramolecular Hbond substituents is 1. The lowest BCUT2D eigenvalue weighted by atomic mass is 9.91. The highest BCUT2D eigenvalue weighted by molar-refractivity contribution is 5.88. The van der Waals surface area contributed by atoms with Crippen LogP contribution in [-0.2, 0) is 6.54 Å². The number of methoxy groups -OCH3 is 1. The molecule has 0 bridgehead atoms. The summed E-state index contributed by atoms with van der Waals surface area (Å²) in [6, 6.07) is 5.64. The topological polar surface area (TPSA) is 134 Å². The van der Waals surface area contributed by atoms with Gasteiger partial charge in [0.2, 0.25) is 5.95 Å². The maximum absolute atomic E-state index is 10.4. The summed E-state index contributed by atoms with van der Waals surface area (Å²) in [5, 5.41) is 24.7. The number of fused-ring (bicyclic) bond motifs is 1. The van der Waals surface area contributed by atoms with Gasteiger partial charge < -0.3 is 26.2 Å². The second kappa shape index (κ2) is 8.97. The molecule has 31 heavy (non-hydrogen) atoms. The van der Waals surface area contributed by atoms with E-state index in [0.29, 0.717) is 35.1 Å². The van der Waals surface area contributed by atoms with Crippen molar-refractivity contribution in [3.63, 3.8) is 0 Å². The molecule has 2 heterocycles. The Labute approximate surface area is 181 Å². The summed E-state index contributed by atoms with van der Waals surface area (Å²) >= 11 is 0. The molecule has 0 amide bonds. The third-order valence-electron chi connectivity index (χ3n) is 5.89. The fourth-order valence-corrected chi connectivity index (χ4v) is 4.07. The van der Waals surface area contributed by atoms with Crippen LogP contribution in [0.1, 0.15) is 56.7 Å². The third kappa shape index (κ3) is 4.36. The van der Waals surface area contributed by atoms with Gasteiger partial charge in [-0.3, -0.25) is 5.10 Å². The van der Waals surface area contributed by atoms with Crippen molar-refractivity contribution in [3.8, 4) is 11.5 Å². The van der Waals surface area contributed by atoms with Crippen molar-refractivity contribution in [1.82, 2.24) is 20.2 Å². The number of rotatable bonds is 7. The molecule has 166 valence electrons. The summed E-state index contributed by atoms with van der Waals surface area (Å²) in [7, 11) is 1.53. The minimum Gasteiger partial charge on any atom is -0.504 e. The Morgan fingerprint density at radius 3 is 2.77 bits per heavy atom. The number of hydrogen-bond acceptors (Lipinski definition) is 8. The van der Waals surface area contributed by atoms with Crippen LogP contribution in [0.3, 0.4) is 0 Å². The summed E-state index contributed by atoms with van der Waals surface area (Å²) in [5.74, 6) is 1.92. The highest BCUT2D eigenvalue weighted by Gasteiger charge is 2.24. The molecule has 3 aromatic rings. The van der Waals surface area contributed by atoms with Crippen LogP contribution < -0.4 is 21.1 Å². The van der Waals surface area contributed by atoms with Crippen molar-refractivity contribution in [2.75, 3.05) is 17.7 Å². The molecule has 9 heteroatoms. The zero-order valence-corrected chi connectivity index (χ0v) is 18.3. The second-order valence-corrected chi connectivity index (χ2v) is 8.41. The van der Waals surface area contributed by atoms with Crippen LogP contribution in [0, 0.1) is 0 Å². The van der Waals surface area contributed by atoms with Gasteiger partial charge in [-0.25, -0.2) is 4.98 Å². The molecular formula is C22H31N7O2. The van der Waals surface area contributed by atoms with Gasteiger partial charge in [0.1, 0.15) is 5.52 Å². The summed E-state index contributed by atoms with van der Waals surface area (Å²) in [4.78, 5) is 9.47. The molecule has 0 saturated heterocycles. The standard InChI is InChI=1S/C22H31N7O2/c1-12(2)17-18-19(29-28-17)21(24-11-13-7-6-10-16(31-3)20(13)30)27-22(26-18)25-15-9-5-4-8-14(15)23/h6-7,10,12,14-15,30H,4-5,8-9,11,23H2,1-3H3,(H,28,29)(H2,24,25,26,27). The Hall–Kier alpha value is -3.07. The van der Waals surface area contributed by atoms with E-state index in [-0.39, 0.29) is 23.8 Å². The van der Waals surface area contributed by atoms with Gasteiger partial charge >= 0.3 is 0 Å². The minimum atomic E-state index is 0.0899. The van der Waals surface area contributed by atoms with Crippen molar-refractivity contribution in [2.45, 2.75) is 64.1 Å². The minimum absolute atomic E-state index is 0.0899. The maximum Gasteiger partial charge on any atom is 0.225 e. The number of ether oxygens (including phenoxy) is 1. The van der Waals surface area contributed by atoms with Crippen LogP contribution in [0.5, 0.6) is 11.5 Å². The second-order valence-electron chi connectivity index (χ2n) is 8.41. The number of para-hydroxylation sites is 1. The molecule has 4 rings (SSSR count). The molecule has 2 unspecified atom stereocenters. The molecule has 2 atom stereocenters. The molecular weight excluding hydrogens is 394 g/mol. The number of anilines is 2. The first-order valence-electron chi connectivity index (χ1n) is 10.8. The average molecular weight is 426 g/mol. The molecule has 1 aromatic carbocycles. The van der Waals surface area contributed by atoms with Crippen molar-refractivity contribution < 1.29 is 9.84 Å². The SMILES string of the molecule is COc1cccc(CNc2nc(NC3CCCCC3N)nc3c(C(C)C)[nH]nc23)c1O. The zero-order valence-electron chi connectivity index (χ0n) is 18.3. The molecule has 1 aliphatic rings. The van der Waals surface area contributed by atoms with E-state index >= 15 is 0 Å². The molecule has 1 aliphatic carbocycles. The van der Waals surface area contributed by atoms with Gasteiger partial charge in [0, 0.05) is 24.2 Å². The van der Waals surface area contributed by atoms with E-state index in [0.717, 1.165) is 36.9 Å². The van der Waals surface area contributed by atoms with E-state index < -0.39 is 0 Å². The zero-order chi connectivity index (χ0) is 22.0. The molecule has 2 aromatic heterocycles. The third-order valence-corrected chi connectivity index (χ3v) is 5.89. The maximum atomic E-state index is 10.4. The number of phenols is 1. The predicted molar refractivity (Wildman–Crippen MR) is 122 cm³/mol. The molecule has 1 fully saturated rings. The number of nitrogens with zero attached hydrogens (tertiary/aromatic N) is 3. The first kappa shape index (κ1) is 21.2. The number of benzene rings is 1. The molecule has 0 spiro atoms. The van der Waals surface area contributed by atoms with Gasteiger partial charge in [-0.2, -0.15) is 10.1 Å². The van der Waals surface area contributed by atoms with E-state index in [1.54, 1.807) is 6.07 Å². The van der Waals surface area contributed by atoms with E-state index in [9.17, 15) is 5.11 Å². The van der Waals surface area contributed by atoms with Gasteiger partial charge in [-0.15, -0.1) is 0 Å². The van der Waals surface area contributed by atoms with Gasteiger partial charge in [-0.1, -0.05) is 38.8 Å². The number of aromatic nitrogens is 4. The van der Waals surface area contributed by atoms with E-state index in [1.807, 2.05) is 12.1 Å². The summed E-state index contributed by atoms with van der Waals surface area (Å²) in [5.41, 5.74) is 9.44. The van der Waals surface area contributed by atoms with E-state index in [2.05, 4.69) is 34.7 Å². The van der Waals surface area contributed by atoms with Crippen molar-refractivity contribution in [1.29, 1.82) is 0 Å². The molecule has 1 saturated carbocycles. The predicted octanol–water partition coefficient (Wildman–Crippen LogP) is 3.48.